The lowest BCUT2D eigenvalue weighted by Crippen LogP contribution is -2.43. The molecule has 0 unspecified atom stereocenters. The van der Waals surface area contributed by atoms with Crippen LogP contribution in [-0.4, -0.2) is 25.2 Å². The summed E-state index contributed by atoms with van der Waals surface area (Å²) in [6.07, 6.45) is 5.91. The Balaban J connectivity index is 1.95. The number of halogens is 1. The lowest BCUT2D eigenvalue weighted by Gasteiger charge is -2.38. The number of hydrogen-bond acceptors (Lipinski definition) is 2. The van der Waals surface area contributed by atoms with Crippen LogP contribution in [0.15, 0.2) is 24.3 Å². The van der Waals surface area contributed by atoms with Crippen molar-refractivity contribution in [2.75, 3.05) is 18.0 Å². The lowest BCUT2D eigenvalue weighted by atomic mass is 9.89. The summed E-state index contributed by atoms with van der Waals surface area (Å²) in [7, 11) is 0. The zero-order chi connectivity index (χ0) is 14.4. The Bertz CT molecular complexity index is 400. The van der Waals surface area contributed by atoms with Crippen molar-refractivity contribution < 1.29 is 4.39 Å². The monoisotopic (exact) mass is 278 g/mol. The summed E-state index contributed by atoms with van der Waals surface area (Å²) in [5.74, 6) is -0.0967. The quantitative estimate of drug-likeness (QED) is 0.847. The highest BCUT2D eigenvalue weighted by Crippen LogP contribution is 2.29. The molecule has 0 atom stereocenters. The first-order valence-corrected chi connectivity index (χ1v) is 8.00. The van der Waals surface area contributed by atoms with Gasteiger partial charge in [-0.2, -0.15) is 0 Å². The average Bonchev–Trinajstić information content (AvgIpc) is 2.49. The van der Waals surface area contributed by atoms with Crippen molar-refractivity contribution in [3.8, 4) is 0 Å². The van der Waals surface area contributed by atoms with Gasteiger partial charge in [-0.3, -0.25) is 0 Å². The number of rotatable bonds is 6. The van der Waals surface area contributed by atoms with Gasteiger partial charge in [-0.15, -0.1) is 0 Å². The molecule has 3 heteroatoms. The molecule has 0 amide bonds. The molecule has 0 spiro atoms. The van der Waals surface area contributed by atoms with Gasteiger partial charge in [-0.1, -0.05) is 19.1 Å². The largest absolute Gasteiger partial charge is 0.366 e. The van der Waals surface area contributed by atoms with E-state index in [2.05, 4.69) is 24.1 Å². The highest BCUT2D eigenvalue weighted by Gasteiger charge is 2.26. The zero-order valence-electron chi connectivity index (χ0n) is 12.7. The fraction of sp³-hybridized carbons (Fsp3) is 0.647. The topological polar surface area (TPSA) is 15.3 Å². The van der Waals surface area contributed by atoms with Crippen LogP contribution in [0.1, 0.15) is 46.0 Å². The molecule has 1 aliphatic rings. The highest BCUT2D eigenvalue weighted by molar-refractivity contribution is 5.48. The molecule has 2 nitrogen and oxygen atoms in total. The van der Waals surface area contributed by atoms with E-state index >= 15 is 0 Å². The molecule has 20 heavy (non-hydrogen) atoms. The van der Waals surface area contributed by atoms with E-state index in [0.717, 1.165) is 31.6 Å². The number of nitrogens with zero attached hydrogens (tertiary/aromatic N) is 1. The smallest absolute Gasteiger partial charge is 0.146 e. The van der Waals surface area contributed by atoms with Gasteiger partial charge in [0.15, 0.2) is 0 Å². The van der Waals surface area contributed by atoms with E-state index in [9.17, 15) is 4.39 Å². The predicted molar refractivity (Wildman–Crippen MR) is 83.8 cm³/mol. The van der Waals surface area contributed by atoms with Crippen LogP contribution in [-0.2, 0) is 0 Å². The molecule has 0 radical (unpaired) electrons. The third kappa shape index (κ3) is 3.72. The van der Waals surface area contributed by atoms with E-state index in [-0.39, 0.29) is 5.82 Å². The van der Waals surface area contributed by atoms with Gasteiger partial charge in [0.05, 0.1) is 5.69 Å². The van der Waals surface area contributed by atoms with Crippen molar-refractivity contribution in [3.05, 3.63) is 30.1 Å². The molecular weight excluding hydrogens is 251 g/mol. The fourth-order valence-corrected chi connectivity index (χ4v) is 3.25. The Kier molecular flexibility index (Phi) is 5.84. The van der Waals surface area contributed by atoms with E-state index in [1.54, 1.807) is 12.1 Å². The zero-order valence-corrected chi connectivity index (χ0v) is 12.7. The van der Waals surface area contributed by atoms with Crippen LogP contribution < -0.4 is 10.2 Å². The van der Waals surface area contributed by atoms with Gasteiger partial charge in [0.1, 0.15) is 5.82 Å². The molecule has 0 saturated heterocycles. The Labute approximate surface area is 122 Å². The summed E-state index contributed by atoms with van der Waals surface area (Å²) in [5, 5.41) is 3.61. The Hall–Kier alpha value is -1.09. The van der Waals surface area contributed by atoms with Crippen molar-refractivity contribution in [2.24, 2.45) is 0 Å². The van der Waals surface area contributed by atoms with Crippen LogP contribution in [0.4, 0.5) is 10.1 Å². The number of anilines is 1. The summed E-state index contributed by atoms with van der Waals surface area (Å²) in [4.78, 5) is 2.24. The second-order valence-electron chi connectivity index (χ2n) is 5.70. The minimum absolute atomic E-state index is 0.0967. The van der Waals surface area contributed by atoms with Crippen LogP contribution in [0.5, 0.6) is 0 Å². The van der Waals surface area contributed by atoms with Gasteiger partial charge in [0.25, 0.3) is 0 Å². The van der Waals surface area contributed by atoms with E-state index in [4.69, 9.17) is 0 Å². The summed E-state index contributed by atoms with van der Waals surface area (Å²) in [6.45, 7) is 6.31. The van der Waals surface area contributed by atoms with E-state index in [1.807, 2.05) is 12.1 Å². The maximum absolute atomic E-state index is 14.0. The van der Waals surface area contributed by atoms with E-state index in [0.29, 0.717) is 12.1 Å². The molecule has 1 aromatic carbocycles. The standard InChI is InChI=1S/C17H27FN2/c1-3-13-19-14-9-11-15(12-10-14)20(4-2)17-8-6-5-7-16(17)18/h5-8,14-15,19H,3-4,9-13H2,1-2H3. The molecule has 1 saturated carbocycles. The normalized spacial score (nSPS) is 22.8. The lowest BCUT2D eigenvalue weighted by molar-refractivity contribution is 0.332. The maximum Gasteiger partial charge on any atom is 0.146 e. The number of hydrogen-bond donors (Lipinski definition) is 1. The minimum atomic E-state index is -0.0967. The van der Waals surface area contributed by atoms with Gasteiger partial charge in [-0.25, -0.2) is 4.39 Å². The summed E-state index contributed by atoms with van der Waals surface area (Å²) < 4.78 is 14.0. The second kappa shape index (κ2) is 7.63. The number of benzene rings is 1. The second-order valence-corrected chi connectivity index (χ2v) is 5.70. The Morgan fingerprint density at radius 2 is 1.85 bits per heavy atom. The van der Waals surface area contributed by atoms with Crippen LogP contribution in [0.25, 0.3) is 0 Å². The van der Waals surface area contributed by atoms with Gasteiger partial charge in [0, 0.05) is 18.6 Å². The Morgan fingerprint density at radius 3 is 2.45 bits per heavy atom. The van der Waals surface area contributed by atoms with Crippen molar-refractivity contribution >= 4 is 5.69 Å². The molecule has 1 N–H and O–H groups in total. The molecule has 0 aromatic heterocycles. The first-order chi connectivity index (χ1) is 9.76. The Morgan fingerprint density at radius 1 is 1.15 bits per heavy atom. The third-order valence-electron chi connectivity index (χ3n) is 4.32. The van der Waals surface area contributed by atoms with Crippen molar-refractivity contribution in [1.82, 2.24) is 5.32 Å². The van der Waals surface area contributed by atoms with Gasteiger partial charge in [-0.05, 0) is 57.7 Å². The van der Waals surface area contributed by atoms with Crippen molar-refractivity contribution in [3.63, 3.8) is 0 Å². The SMILES string of the molecule is CCCNC1CCC(N(CC)c2ccccc2F)CC1. The predicted octanol–water partition coefficient (Wildman–Crippen LogP) is 3.96. The molecular formula is C17H27FN2. The molecule has 1 aliphatic carbocycles. The summed E-state index contributed by atoms with van der Waals surface area (Å²) in [6, 6.07) is 8.29. The van der Waals surface area contributed by atoms with Crippen LogP contribution >= 0.6 is 0 Å². The van der Waals surface area contributed by atoms with Crippen molar-refractivity contribution in [1.29, 1.82) is 0 Å². The molecule has 2 rings (SSSR count). The molecule has 1 aromatic rings. The molecule has 0 bridgehead atoms. The van der Waals surface area contributed by atoms with Gasteiger partial charge in [0.2, 0.25) is 0 Å². The number of nitrogens with one attached hydrogen (secondary N) is 1. The third-order valence-corrected chi connectivity index (χ3v) is 4.32. The average molecular weight is 278 g/mol. The first kappa shape index (κ1) is 15.3. The summed E-state index contributed by atoms with van der Waals surface area (Å²) >= 11 is 0. The van der Waals surface area contributed by atoms with E-state index < -0.39 is 0 Å². The van der Waals surface area contributed by atoms with Crippen LogP contribution in [0.3, 0.4) is 0 Å². The fourth-order valence-electron chi connectivity index (χ4n) is 3.25. The maximum atomic E-state index is 14.0. The molecule has 0 heterocycles. The highest BCUT2D eigenvalue weighted by atomic mass is 19.1. The molecule has 1 fully saturated rings. The van der Waals surface area contributed by atoms with Crippen molar-refractivity contribution in [2.45, 2.75) is 58.0 Å². The first-order valence-electron chi connectivity index (χ1n) is 8.00. The van der Waals surface area contributed by atoms with Gasteiger partial charge >= 0.3 is 0 Å². The summed E-state index contributed by atoms with van der Waals surface area (Å²) in [5.41, 5.74) is 0.764. The van der Waals surface area contributed by atoms with Crippen LogP contribution in [0.2, 0.25) is 0 Å². The van der Waals surface area contributed by atoms with E-state index in [1.165, 1.54) is 19.3 Å². The molecule has 0 aliphatic heterocycles. The van der Waals surface area contributed by atoms with Gasteiger partial charge < -0.3 is 10.2 Å². The van der Waals surface area contributed by atoms with Crippen LogP contribution in [0, 0.1) is 5.82 Å². The number of para-hydroxylation sites is 1. The molecule has 112 valence electrons. The minimum Gasteiger partial charge on any atom is -0.366 e.